The van der Waals surface area contributed by atoms with Crippen LogP contribution < -0.4 is 10.2 Å². The van der Waals surface area contributed by atoms with Crippen LogP contribution in [0.4, 0.5) is 11.4 Å². The van der Waals surface area contributed by atoms with Crippen LogP contribution in [0.1, 0.15) is 25.8 Å². The number of hydrogen-bond donors (Lipinski definition) is 2. The average Bonchev–Trinajstić information content (AvgIpc) is 3.45. The molecule has 3 heterocycles. The SMILES string of the molecule is C[C@@H](Sc1nnc(-c2c[nH]c3ccccc23)n1C1CC1)C(=O)N1CC(=O)Nc2ccccc21. The zero-order valence-electron chi connectivity index (χ0n) is 18.0. The van der Waals surface area contributed by atoms with Gasteiger partial charge >= 0.3 is 0 Å². The lowest BCUT2D eigenvalue weighted by atomic mass is 10.1. The molecule has 1 aliphatic carbocycles. The van der Waals surface area contributed by atoms with Crippen LogP contribution in [0.15, 0.2) is 59.9 Å². The van der Waals surface area contributed by atoms with E-state index in [2.05, 4.69) is 31.1 Å². The quantitative estimate of drug-likeness (QED) is 0.437. The van der Waals surface area contributed by atoms with Gasteiger partial charge in [-0.2, -0.15) is 0 Å². The van der Waals surface area contributed by atoms with Gasteiger partial charge in [-0.05, 0) is 38.0 Å². The van der Waals surface area contributed by atoms with Gasteiger partial charge in [-0.25, -0.2) is 0 Å². The van der Waals surface area contributed by atoms with Gasteiger partial charge in [0.1, 0.15) is 6.54 Å². The first-order chi connectivity index (χ1) is 16.1. The van der Waals surface area contributed by atoms with Crippen molar-refractivity contribution in [3.63, 3.8) is 0 Å². The van der Waals surface area contributed by atoms with Crippen molar-refractivity contribution in [1.29, 1.82) is 0 Å². The number of benzene rings is 2. The van der Waals surface area contributed by atoms with E-state index in [1.54, 1.807) is 4.90 Å². The van der Waals surface area contributed by atoms with Gasteiger partial charge in [-0.1, -0.05) is 42.1 Å². The molecule has 1 fully saturated rings. The summed E-state index contributed by atoms with van der Waals surface area (Å²) in [6.45, 7) is 1.87. The van der Waals surface area contributed by atoms with Crippen molar-refractivity contribution in [2.24, 2.45) is 0 Å². The van der Waals surface area contributed by atoms with E-state index in [0.29, 0.717) is 11.7 Å². The number of anilines is 2. The second-order valence-electron chi connectivity index (χ2n) is 8.41. The number of para-hydroxylation sites is 3. The van der Waals surface area contributed by atoms with Crippen molar-refractivity contribution >= 4 is 45.9 Å². The summed E-state index contributed by atoms with van der Waals surface area (Å²) in [6, 6.07) is 15.8. The molecule has 2 aromatic carbocycles. The molecule has 0 unspecified atom stereocenters. The first-order valence-corrected chi connectivity index (χ1v) is 11.9. The third-order valence-corrected chi connectivity index (χ3v) is 7.12. The van der Waals surface area contributed by atoms with Crippen LogP contribution in [0.5, 0.6) is 0 Å². The predicted molar refractivity (Wildman–Crippen MR) is 128 cm³/mol. The molecule has 2 aromatic heterocycles. The summed E-state index contributed by atoms with van der Waals surface area (Å²) in [5.41, 5.74) is 3.44. The molecule has 0 bridgehead atoms. The Morgan fingerprint density at radius 2 is 1.91 bits per heavy atom. The summed E-state index contributed by atoms with van der Waals surface area (Å²) < 4.78 is 2.17. The lowest BCUT2D eigenvalue weighted by Gasteiger charge is -2.30. The van der Waals surface area contributed by atoms with Crippen LogP contribution in [0, 0.1) is 0 Å². The lowest BCUT2D eigenvalue weighted by Crippen LogP contribution is -2.45. The molecule has 1 atom stereocenters. The van der Waals surface area contributed by atoms with Gasteiger partial charge in [-0.3, -0.25) is 19.1 Å². The maximum absolute atomic E-state index is 13.4. The number of thioether (sulfide) groups is 1. The smallest absolute Gasteiger partial charge is 0.244 e. The molecule has 166 valence electrons. The molecule has 0 radical (unpaired) electrons. The number of nitrogens with zero attached hydrogens (tertiary/aromatic N) is 4. The number of rotatable bonds is 5. The number of carbonyl (C=O) groups is 2. The Labute approximate surface area is 194 Å². The van der Waals surface area contributed by atoms with E-state index in [1.165, 1.54) is 11.8 Å². The third kappa shape index (κ3) is 3.48. The fourth-order valence-electron chi connectivity index (χ4n) is 4.32. The minimum Gasteiger partial charge on any atom is -0.360 e. The fourth-order valence-corrected chi connectivity index (χ4v) is 5.30. The number of fused-ring (bicyclic) bond motifs is 2. The predicted octanol–water partition coefficient (Wildman–Crippen LogP) is 4.23. The summed E-state index contributed by atoms with van der Waals surface area (Å²) in [7, 11) is 0. The molecule has 33 heavy (non-hydrogen) atoms. The van der Waals surface area contributed by atoms with Gasteiger partial charge < -0.3 is 10.3 Å². The molecule has 4 aromatic rings. The van der Waals surface area contributed by atoms with Crippen LogP contribution >= 0.6 is 11.8 Å². The number of carbonyl (C=O) groups excluding carboxylic acids is 2. The van der Waals surface area contributed by atoms with E-state index < -0.39 is 5.25 Å². The van der Waals surface area contributed by atoms with Crippen molar-refractivity contribution in [1.82, 2.24) is 19.7 Å². The van der Waals surface area contributed by atoms with E-state index in [0.717, 1.165) is 46.0 Å². The molecule has 2 N–H and O–H groups in total. The Morgan fingerprint density at radius 3 is 2.76 bits per heavy atom. The van der Waals surface area contributed by atoms with E-state index in [9.17, 15) is 9.59 Å². The molecule has 1 aliphatic heterocycles. The fraction of sp³-hybridized carbons (Fsp3) is 0.250. The number of nitrogens with one attached hydrogen (secondary N) is 2. The lowest BCUT2D eigenvalue weighted by molar-refractivity contribution is -0.121. The van der Waals surface area contributed by atoms with Crippen molar-refractivity contribution in [2.45, 2.75) is 36.2 Å². The number of H-pyrrole nitrogens is 1. The molecule has 0 saturated heterocycles. The highest BCUT2D eigenvalue weighted by Gasteiger charge is 2.34. The third-order valence-electron chi connectivity index (χ3n) is 6.07. The number of aromatic amines is 1. The summed E-state index contributed by atoms with van der Waals surface area (Å²) in [4.78, 5) is 30.4. The summed E-state index contributed by atoms with van der Waals surface area (Å²) in [5.74, 6) is 0.503. The monoisotopic (exact) mass is 458 g/mol. The molecule has 0 spiro atoms. The summed E-state index contributed by atoms with van der Waals surface area (Å²) in [5, 5.41) is 13.2. The molecular weight excluding hydrogens is 436 g/mol. The highest BCUT2D eigenvalue weighted by molar-refractivity contribution is 8.00. The van der Waals surface area contributed by atoms with Crippen molar-refractivity contribution < 1.29 is 9.59 Å². The molecule has 2 amide bonds. The van der Waals surface area contributed by atoms with E-state index in [-0.39, 0.29) is 18.4 Å². The van der Waals surface area contributed by atoms with Gasteiger partial charge in [0.15, 0.2) is 11.0 Å². The molecule has 9 heteroatoms. The Morgan fingerprint density at radius 1 is 1.12 bits per heavy atom. The molecule has 1 saturated carbocycles. The number of amides is 2. The first-order valence-electron chi connectivity index (χ1n) is 11.0. The topological polar surface area (TPSA) is 95.9 Å². The van der Waals surface area contributed by atoms with Gasteiger partial charge in [0, 0.05) is 28.7 Å². The maximum Gasteiger partial charge on any atom is 0.244 e. The zero-order chi connectivity index (χ0) is 22.5. The highest BCUT2D eigenvalue weighted by Crippen LogP contribution is 2.43. The number of aromatic nitrogens is 4. The van der Waals surface area contributed by atoms with Crippen molar-refractivity contribution in [3.05, 3.63) is 54.7 Å². The summed E-state index contributed by atoms with van der Waals surface area (Å²) >= 11 is 1.40. The Bertz CT molecular complexity index is 1390. The average molecular weight is 459 g/mol. The van der Waals surface area contributed by atoms with E-state index in [4.69, 9.17) is 0 Å². The van der Waals surface area contributed by atoms with Crippen LogP contribution in [0.3, 0.4) is 0 Å². The largest absolute Gasteiger partial charge is 0.360 e. The summed E-state index contributed by atoms with van der Waals surface area (Å²) in [6.07, 6.45) is 4.12. The van der Waals surface area contributed by atoms with Crippen LogP contribution in [-0.2, 0) is 9.59 Å². The van der Waals surface area contributed by atoms with E-state index in [1.807, 2.05) is 55.6 Å². The molecule has 6 rings (SSSR count). The van der Waals surface area contributed by atoms with Crippen LogP contribution in [0.25, 0.3) is 22.3 Å². The second-order valence-corrected chi connectivity index (χ2v) is 9.71. The van der Waals surface area contributed by atoms with Gasteiger partial charge in [0.25, 0.3) is 0 Å². The molecule has 2 aliphatic rings. The Kier molecular flexibility index (Phi) is 4.72. The normalized spacial score (nSPS) is 16.5. The second kappa shape index (κ2) is 7.77. The number of hydrogen-bond acceptors (Lipinski definition) is 5. The minimum atomic E-state index is -0.429. The highest BCUT2D eigenvalue weighted by atomic mass is 32.2. The first kappa shape index (κ1) is 20.0. The maximum atomic E-state index is 13.4. The Hall–Kier alpha value is -3.59. The Balaban J connectivity index is 1.31. The minimum absolute atomic E-state index is 0.0106. The van der Waals surface area contributed by atoms with Crippen LogP contribution in [-0.4, -0.2) is 43.4 Å². The molecular formula is C24H22N6O2S. The van der Waals surface area contributed by atoms with Crippen molar-refractivity contribution in [3.8, 4) is 11.4 Å². The van der Waals surface area contributed by atoms with Gasteiger partial charge in [0.2, 0.25) is 11.8 Å². The van der Waals surface area contributed by atoms with Gasteiger partial charge in [0.05, 0.1) is 16.6 Å². The van der Waals surface area contributed by atoms with Crippen LogP contribution in [0.2, 0.25) is 0 Å². The van der Waals surface area contributed by atoms with E-state index >= 15 is 0 Å². The standard InChI is InChI=1S/C24H22N6O2S/c1-14(23(32)29-13-21(31)26-19-8-4-5-9-20(19)29)33-24-28-27-22(30(24)15-10-11-15)17-12-25-18-7-3-2-6-16(17)18/h2-9,12,14-15,25H,10-11,13H2,1H3,(H,26,31)/t14-/m1/s1. The van der Waals surface area contributed by atoms with Crippen molar-refractivity contribution in [2.75, 3.05) is 16.8 Å². The zero-order valence-corrected chi connectivity index (χ0v) is 18.8. The molecule has 8 nitrogen and oxygen atoms in total. The van der Waals surface area contributed by atoms with Gasteiger partial charge in [-0.15, -0.1) is 10.2 Å².